The molecule has 1 aromatic rings. The van der Waals surface area contributed by atoms with E-state index in [0.717, 1.165) is 11.1 Å². The number of hydrogen-bond acceptors (Lipinski definition) is 3. The number of anilines is 1. The fourth-order valence-corrected chi connectivity index (χ4v) is 1.33. The Morgan fingerprint density at radius 2 is 2.20 bits per heavy atom. The van der Waals surface area contributed by atoms with Crippen molar-refractivity contribution in [2.45, 2.75) is 6.92 Å². The first-order chi connectivity index (χ1) is 7.22. The van der Waals surface area contributed by atoms with Crippen LogP contribution in [0.1, 0.15) is 23.6 Å². The number of benzene rings is 1. The molecule has 0 saturated carbocycles. The first kappa shape index (κ1) is 11.0. The van der Waals surface area contributed by atoms with Crippen LogP contribution in [0, 0.1) is 11.3 Å². The Bertz CT molecular complexity index is 451. The second-order valence-electron chi connectivity index (χ2n) is 3.07. The predicted octanol–water partition coefficient (Wildman–Crippen LogP) is 2.22. The van der Waals surface area contributed by atoms with Gasteiger partial charge in [-0.25, -0.2) is 0 Å². The van der Waals surface area contributed by atoms with E-state index in [4.69, 9.17) is 11.0 Å². The van der Waals surface area contributed by atoms with Gasteiger partial charge in [-0.05, 0) is 24.6 Å². The number of nitrogens with zero attached hydrogens (tertiary/aromatic N) is 2. The Balaban J connectivity index is 3.39. The molecule has 0 radical (unpaired) electrons. The maximum absolute atomic E-state index is 8.91. The van der Waals surface area contributed by atoms with Crippen LogP contribution in [-0.4, -0.2) is 13.3 Å². The van der Waals surface area contributed by atoms with Crippen molar-refractivity contribution in [3.05, 3.63) is 34.9 Å². The van der Waals surface area contributed by atoms with Crippen molar-refractivity contribution >= 4 is 18.0 Å². The first-order valence-electron chi connectivity index (χ1n) is 4.61. The Hall–Kier alpha value is -2.08. The molecule has 0 unspecified atom stereocenters. The van der Waals surface area contributed by atoms with Crippen molar-refractivity contribution < 1.29 is 0 Å². The molecular formula is C12H13N3. The summed E-state index contributed by atoms with van der Waals surface area (Å²) in [6.45, 7) is 1.93. The summed E-state index contributed by atoms with van der Waals surface area (Å²) in [4.78, 5) is 3.90. The number of hydrogen-bond donors (Lipinski definition) is 1. The first-order valence-corrected chi connectivity index (χ1v) is 4.61. The molecule has 0 atom stereocenters. The molecule has 1 aromatic carbocycles. The summed E-state index contributed by atoms with van der Waals surface area (Å²) in [5.41, 5.74) is 8.52. The molecule has 0 bridgehead atoms. The molecule has 0 amide bonds. The molecule has 0 heterocycles. The SMILES string of the molecule is C/C=C/c1cc(C#N)c(N)c(C=NC)c1. The fraction of sp³-hybridized carbons (Fsp3) is 0.167. The number of nitriles is 1. The highest BCUT2D eigenvalue weighted by atomic mass is 14.7. The van der Waals surface area contributed by atoms with Gasteiger partial charge in [0.15, 0.2) is 0 Å². The van der Waals surface area contributed by atoms with Gasteiger partial charge in [-0.3, -0.25) is 4.99 Å². The Morgan fingerprint density at radius 1 is 1.47 bits per heavy atom. The topological polar surface area (TPSA) is 62.2 Å². The lowest BCUT2D eigenvalue weighted by Gasteiger charge is -2.04. The lowest BCUT2D eigenvalue weighted by atomic mass is 10.0. The minimum Gasteiger partial charge on any atom is -0.397 e. The molecular weight excluding hydrogens is 186 g/mol. The third-order valence-corrected chi connectivity index (χ3v) is 1.98. The van der Waals surface area contributed by atoms with E-state index in [2.05, 4.69) is 11.1 Å². The van der Waals surface area contributed by atoms with Crippen molar-refractivity contribution in [3.63, 3.8) is 0 Å². The summed E-state index contributed by atoms with van der Waals surface area (Å²) in [5, 5.41) is 8.91. The van der Waals surface area contributed by atoms with Gasteiger partial charge in [-0.2, -0.15) is 5.26 Å². The molecule has 0 spiro atoms. The lowest BCUT2D eigenvalue weighted by Crippen LogP contribution is -1.98. The Kier molecular flexibility index (Phi) is 3.64. The van der Waals surface area contributed by atoms with Crippen LogP contribution >= 0.6 is 0 Å². The molecule has 3 nitrogen and oxygen atoms in total. The third-order valence-electron chi connectivity index (χ3n) is 1.98. The number of nitrogen functional groups attached to an aromatic ring is 1. The van der Waals surface area contributed by atoms with Crippen LogP contribution in [0.25, 0.3) is 6.08 Å². The second-order valence-corrected chi connectivity index (χ2v) is 3.07. The maximum Gasteiger partial charge on any atom is 0.101 e. The number of nitrogens with two attached hydrogens (primary N) is 1. The van der Waals surface area contributed by atoms with E-state index >= 15 is 0 Å². The summed E-state index contributed by atoms with van der Waals surface area (Å²) < 4.78 is 0. The second kappa shape index (κ2) is 4.97. The molecule has 0 aliphatic heterocycles. The normalized spacial score (nSPS) is 11.0. The highest BCUT2D eigenvalue weighted by Gasteiger charge is 2.04. The van der Waals surface area contributed by atoms with Crippen LogP contribution in [0.15, 0.2) is 23.2 Å². The molecule has 0 fully saturated rings. The highest BCUT2D eigenvalue weighted by molar-refractivity contribution is 5.90. The van der Waals surface area contributed by atoms with Crippen molar-refractivity contribution in [1.82, 2.24) is 0 Å². The maximum atomic E-state index is 8.91. The van der Waals surface area contributed by atoms with E-state index in [-0.39, 0.29) is 0 Å². The molecule has 76 valence electrons. The van der Waals surface area contributed by atoms with Crippen molar-refractivity contribution in [1.29, 1.82) is 5.26 Å². The number of allylic oxidation sites excluding steroid dienone is 1. The highest BCUT2D eigenvalue weighted by Crippen LogP contribution is 2.19. The lowest BCUT2D eigenvalue weighted by molar-refractivity contribution is 1.44. The van der Waals surface area contributed by atoms with Crippen LogP contribution in [0.3, 0.4) is 0 Å². The van der Waals surface area contributed by atoms with E-state index in [1.807, 2.05) is 25.1 Å². The average molecular weight is 199 g/mol. The third kappa shape index (κ3) is 2.44. The Labute approximate surface area is 89.6 Å². The molecule has 15 heavy (non-hydrogen) atoms. The zero-order valence-corrected chi connectivity index (χ0v) is 8.86. The van der Waals surface area contributed by atoms with Crippen LogP contribution in [0.5, 0.6) is 0 Å². The largest absolute Gasteiger partial charge is 0.397 e. The zero-order chi connectivity index (χ0) is 11.3. The van der Waals surface area contributed by atoms with Gasteiger partial charge in [0.2, 0.25) is 0 Å². The number of aliphatic imine (C=N–C) groups is 1. The summed E-state index contributed by atoms with van der Waals surface area (Å²) >= 11 is 0. The minimum atomic E-state index is 0.483. The quantitative estimate of drug-likeness (QED) is 0.586. The molecule has 0 aliphatic carbocycles. The van der Waals surface area contributed by atoms with Gasteiger partial charge in [0.25, 0.3) is 0 Å². The van der Waals surface area contributed by atoms with Crippen molar-refractivity contribution in [3.8, 4) is 6.07 Å². The van der Waals surface area contributed by atoms with Gasteiger partial charge in [-0.1, -0.05) is 12.2 Å². The molecule has 2 N–H and O–H groups in total. The summed E-state index contributed by atoms with van der Waals surface area (Å²) in [6, 6.07) is 5.74. The fourth-order valence-electron chi connectivity index (χ4n) is 1.33. The van der Waals surface area contributed by atoms with Gasteiger partial charge in [0.05, 0.1) is 11.3 Å². The van der Waals surface area contributed by atoms with Gasteiger partial charge in [0, 0.05) is 18.8 Å². The zero-order valence-electron chi connectivity index (χ0n) is 8.86. The van der Waals surface area contributed by atoms with Crippen LogP contribution < -0.4 is 5.73 Å². The molecule has 0 saturated heterocycles. The summed E-state index contributed by atoms with van der Waals surface area (Å²) in [6.07, 6.45) is 5.50. The minimum absolute atomic E-state index is 0.483. The molecule has 3 heteroatoms. The van der Waals surface area contributed by atoms with Gasteiger partial charge in [-0.15, -0.1) is 0 Å². The summed E-state index contributed by atoms with van der Waals surface area (Å²) in [7, 11) is 1.67. The monoisotopic (exact) mass is 199 g/mol. The average Bonchev–Trinajstić information content (AvgIpc) is 2.23. The van der Waals surface area contributed by atoms with Crippen molar-refractivity contribution in [2.24, 2.45) is 4.99 Å². The molecule has 1 rings (SSSR count). The van der Waals surface area contributed by atoms with Crippen LogP contribution in [0.2, 0.25) is 0 Å². The van der Waals surface area contributed by atoms with Gasteiger partial charge in [0.1, 0.15) is 6.07 Å². The van der Waals surface area contributed by atoms with E-state index in [0.29, 0.717) is 11.3 Å². The van der Waals surface area contributed by atoms with E-state index in [1.54, 1.807) is 19.3 Å². The van der Waals surface area contributed by atoms with Gasteiger partial charge >= 0.3 is 0 Å². The van der Waals surface area contributed by atoms with E-state index in [9.17, 15) is 0 Å². The van der Waals surface area contributed by atoms with E-state index in [1.165, 1.54) is 0 Å². The molecule has 0 aromatic heterocycles. The van der Waals surface area contributed by atoms with Crippen LogP contribution in [-0.2, 0) is 0 Å². The standard InChI is InChI=1S/C12H13N3/c1-3-4-9-5-10(7-13)12(14)11(6-9)8-15-2/h3-6,8H,14H2,1-2H3/b4-3+,15-8?. The molecule has 0 aliphatic rings. The van der Waals surface area contributed by atoms with E-state index < -0.39 is 0 Å². The smallest absolute Gasteiger partial charge is 0.101 e. The van der Waals surface area contributed by atoms with Crippen molar-refractivity contribution in [2.75, 3.05) is 12.8 Å². The summed E-state index contributed by atoms with van der Waals surface area (Å²) in [5.74, 6) is 0. The Morgan fingerprint density at radius 3 is 2.73 bits per heavy atom. The van der Waals surface area contributed by atoms with Crippen LogP contribution in [0.4, 0.5) is 5.69 Å². The number of rotatable bonds is 2. The van der Waals surface area contributed by atoms with Gasteiger partial charge < -0.3 is 5.73 Å². The predicted molar refractivity (Wildman–Crippen MR) is 63.8 cm³/mol.